The molecule has 0 aliphatic carbocycles. The minimum atomic E-state index is -0.125. The molecule has 0 saturated heterocycles. The van der Waals surface area contributed by atoms with Crippen molar-refractivity contribution in [2.75, 3.05) is 6.61 Å². The molecule has 0 radical (unpaired) electrons. The van der Waals surface area contributed by atoms with Crippen molar-refractivity contribution in [1.29, 1.82) is 5.41 Å². The molecule has 0 spiro atoms. The molecule has 6 nitrogen and oxygen atoms in total. The Hall–Kier alpha value is -2.63. The summed E-state index contributed by atoms with van der Waals surface area (Å²) in [4.78, 5) is 7.98. The van der Waals surface area contributed by atoms with Gasteiger partial charge in [-0.1, -0.05) is 0 Å². The molecular formula is C13H14N4O2. The van der Waals surface area contributed by atoms with Crippen LogP contribution in [0.3, 0.4) is 0 Å². The number of hydrogen-bond acceptors (Lipinski definition) is 5. The molecule has 1 aromatic heterocycles. The quantitative estimate of drug-likeness (QED) is 0.631. The highest BCUT2D eigenvalue weighted by molar-refractivity contribution is 5.92. The van der Waals surface area contributed by atoms with E-state index in [1.165, 1.54) is 12.4 Å². The van der Waals surface area contributed by atoms with Crippen molar-refractivity contribution < 1.29 is 9.47 Å². The lowest BCUT2D eigenvalue weighted by Gasteiger charge is -2.06. The van der Waals surface area contributed by atoms with Gasteiger partial charge in [-0.15, -0.1) is 0 Å². The molecular weight excluding hydrogens is 244 g/mol. The second kappa shape index (κ2) is 5.81. The lowest BCUT2D eigenvalue weighted by Crippen LogP contribution is -2.13. The van der Waals surface area contributed by atoms with Crippen molar-refractivity contribution in [2.24, 2.45) is 5.73 Å². The predicted octanol–water partition coefficient (Wildman–Crippen LogP) is 1.95. The van der Waals surface area contributed by atoms with Gasteiger partial charge in [0, 0.05) is 0 Å². The van der Waals surface area contributed by atoms with E-state index in [1.807, 2.05) is 19.1 Å². The molecule has 0 amide bonds. The minimum absolute atomic E-state index is 0.125. The largest absolute Gasteiger partial charge is 0.494 e. The van der Waals surface area contributed by atoms with E-state index >= 15 is 0 Å². The van der Waals surface area contributed by atoms with Crippen LogP contribution in [0.25, 0.3) is 0 Å². The SMILES string of the molecule is CCOc1ccc(Oc2cnc(C(=N)N)cn2)cc1. The molecule has 0 bridgehead atoms. The highest BCUT2D eigenvalue weighted by atomic mass is 16.5. The van der Waals surface area contributed by atoms with Gasteiger partial charge < -0.3 is 15.2 Å². The fraction of sp³-hybridized carbons (Fsp3) is 0.154. The average molecular weight is 258 g/mol. The molecule has 1 aromatic carbocycles. The van der Waals surface area contributed by atoms with Crippen LogP contribution in [0.15, 0.2) is 36.7 Å². The molecule has 0 aliphatic heterocycles. The first-order valence-electron chi connectivity index (χ1n) is 5.76. The Morgan fingerprint density at radius 3 is 2.37 bits per heavy atom. The number of ether oxygens (including phenoxy) is 2. The summed E-state index contributed by atoms with van der Waals surface area (Å²) in [5.41, 5.74) is 5.61. The van der Waals surface area contributed by atoms with Crippen LogP contribution < -0.4 is 15.2 Å². The Kier molecular flexibility index (Phi) is 3.92. The van der Waals surface area contributed by atoms with Crippen LogP contribution in [0.5, 0.6) is 17.4 Å². The Morgan fingerprint density at radius 1 is 1.16 bits per heavy atom. The topological polar surface area (TPSA) is 94.1 Å². The molecule has 1 heterocycles. The number of rotatable bonds is 5. The molecule has 98 valence electrons. The smallest absolute Gasteiger partial charge is 0.237 e. The molecule has 6 heteroatoms. The molecule has 0 atom stereocenters. The van der Waals surface area contributed by atoms with Gasteiger partial charge in [0.15, 0.2) is 0 Å². The molecule has 2 aromatic rings. The lowest BCUT2D eigenvalue weighted by molar-refractivity contribution is 0.339. The molecule has 0 unspecified atom stereocenters. The summed E-state index contributed by atoms with van der Waals surface area (Å²) in [5, 5.41) is 7.21. The van der Waals surface area contributed by atoms with Crippen molar-refractivity contribution >= 4 is 5.84 Å². The number of hydrogen-bond donors (Lipinski definition) is 2. The number of nitrogens with zero attached hydrogens (tertiary/aromatic N) is 2. The third-order valence-corrected chi connectivity index (χ3v) is 2.26. The van der Waals surface area contributed by atoms with E-state index in [9.17, 15) is 0 Å². The van der Waals surface area contributed by atoms with Crippen LogP contribution in [-0.4, -0.2) is 22.4 Å². The molecule has 0 saturated carbocycles. The third-order valence-electron chi connectivity index (χ3n) is 2.26. The van der Waals surface area contributed by atoms with Crippen LogP contribution in [-0.2, 0) is 0 Å². The zero-order valence-corrected chi connectivity index (χ0v) is 10.5. The van der Waals surface area contributed by atoms with Crippen molar-refractivity contribution in [3.63, 3.8) is 0 Å². The molecule has 3 N–H and O–H groups in total. The van der Waals surface area contributed by atoms with E-state index in [0.717, 1.165) is 5.75 Å². The Labute approximate surface area is 110 Å². The first kappa shape index (κ1) is 12.8. The summed E-state index contributed by atoms with van der Waals surface area (Å²) in [6, 6.07) is 7.20. The lowest BCUT2D eigenvalue weighted by atomic mass is 10.3. The monoisotopic (exact) mass is 258 g/mol. The van der Waals surface area contributed by atoms with Gasteiger partial charge in [0.05, 0.1) is 19.0 Å². The van der Waals surface area contributed by atoms with Gasteiger partial charge >= 0.3 is 0 Å². The minimum Gasteiger partial charge on any atom is -0.494 e. The standard InChI is InChI=1S/C13H14N4O2/c1-2-18-9-3-5-10(6-4-9)19-12-8-16-11(7-17-12)13(14)15/h3-8H,2H2,1H3,(H3,14,15). The summed E-state index contributed by atoms with van der Waals surface area (Å²) in [6.45, 7) is 2.55. The first-order valence-corrected chi connectivity index (χ1v) is 5.76. The van der Waals surface area contributed by atoms with E-state index in [-0.39, 0.29) is 5.84 Å². The normalized spacial score (nSPS) is 9.95. The summed E-state index contributed by atoms with van der Waals surface area (Å²) in [6.07, 6.45) is 2.82. The van der Waals surface area contributed by atoms with Crippen LogP contribution in [0.2, 0.25) is 0 Å². The highest BCUT2D eigenvalue weighted by Crippen LogP contribution is 2.21. The maximum Gasteiger partial charge on any atom is 0.237 e. The molecule has 19 heavy (non-hydrogen) atoms. The van der Waals surface area contributed by atoms with Crippen molar-refractivity contribution in [2.45, 2.75) is 6.92 Å². The maximum absolute atomic E-state index is 7.21. The molecule has 0 fully saturated rings. The fourth-order valence-corrected chi connectivity index (χ4v) is 1.40. The summed E-state index contributed by atoms with van der Waals surface area (Å²) in [5.74, 6) is 1.63. The zero-order valence-electron chi connectivity index (χ0n) is 10.5. The van der Waals surface area contributed by atoms with Crippen molar-refractivity contribution in [3.8, 4) is 17.4 Å². The number of amidine groups is 1. The number of nitrogens with one attached hydrogen (secondary N) is 1. The number of nitrogens with two attached hydrogens (primary N) is 1. The van der Waals surface area contributed by atoms with Crippen LogP contribution in [0.1, 0.15) is 12.6 Å². The van der Waals surface area contributed by atoms with Gasteiger partial charge in [-0.25, -0.2) is 9.97 Å². The summed E-state index contributed by atoms with van der Waals surface area (Å²) >= 11 is 0. The van der Waals surface area contributed by atoms with E-state index in [4.69, 9.17) is 20.6 Å². The maximum atomic E-state index is 7.21. The van der Waals surface area contributed by atoms with Gasteiger partial charge in [0.1, 0.15) is 23.0 Å². The molecule has 0 aliphatic rings. The third kappa shape index (κ3) is 3.41. The zero-order chi connectivity index (χ0) is 13.7. The number of benzene rings is 1. The van der Waals surface area contributed by atoms with Gasteiger partial charge in [0.25, 0.3) is 0 Å². The van der Waals surface area contributed by atoms with Crippen LogP contribution >= 0.6 is 0 Å². The van der Waals surface area contributed by atoms with Crippen molar-refractivity contribution in [1.82, 2.24) is 9.97 Å². The van der Waals surface area contributed by atoms with Gasteiger partial charge in [0.2, 0.25) is 5.88 Å². The fourth-order valence-electron chi connectivity index (χ4n) is 1.40. The second-order valence-corrected chi connectivity index (χ2v) is 3.66. The number of aromatic nitrogens is 2. The van der Waals surface area contributed by atoms with Gasteiger partial charge in [-0.2, -0.15) is 0 Å². The van der Waals surface area contributed by atoms with E-state index in [0.29, 0.717) is 23.9 Å². The predicted molar refractivity (Wildman–Crippen MR) is 70.7 cm³/mol. The Morgan fingerprint density at radius 2 is 1.84 bits per heavy atom. The summed E-state index contributed by atoms with van der Waals surface area (Å²) in [7, 11) is 0. The van der Waals surface area contributed by atoms with Crippen LogP contribution in [0.4, 0.5) is 0 Å². The second-order valence-electron chi connectivity index (χ2n) is 3.66. The van der Waals surface area contributed by atoms with E-state index in [1.54, 1.807) is 12.1 Å². The number of nitrogen functional groups attached to an aromatic ring is 1. The van der Waals surface area contributed by atoms with Gasteiger partial charge in [-0.3, -0.25) is 5.41 Å². The summed E-state index contributed by atoms with van der Waals surface area (Å²) < 4.78 is 10.8. The highest BCUT2D eigenvalue weighted by Gasteiger charge is 2.02. The first-order chi connectivity index (χ1) is 9.19. The average Bonchev–Trinajstić information content (AvgIpc) is 2.42. The van der Waals surface area contributed by atoms with E-state index < -0.39 is 0 Å². The molecule has 2 rings (SSSR count). The Balaban J connectivity index is 2.06. The van der Waals surface area contributed by atoms with Crippen LogP contribution in [0, 0.1) is 5.41 Å². The Bertz CT molecular complexity index is 552. The van der Waals surface area contributed by atoms with Crippen molar-refractivity contribution in [3.05, 3.63) is 42.4 Å². The van der Waals surface area contributed by atoms with Gasteiger partial charge in [-0.05, 0) is 31.2 Å². The van der Waals surface area contributed by atoms with E-state index in [2.05, 4.69) is 9.97 Å².